The van der Waals surface area contributed by atoms with E-state index in [-0.39, 0.29) is 11.9 Å². The molecule has 1 aromatic rings. The molecule has 0 saturated heterocycles. The zero-order valence-corrected chi connectivity index (χ0v) is 10.0. The predicted molar refractivity (Wildman–Crippen MR) is 66.0 cm³/mol. The van der Waals surface area contributed by atoms with Gasteiger partial charge >= 0.3 is 0 Å². The predicted octanol–water partition coefficient (Wildman–Crippen LogP) is 3.08. The fourth-order valence-corrected chi connectivity index (χ4v) is 2.61. The Morgan fingerprint density at radius 3 is 3.06 bits per heavy atom. The number of carbonyl (C=O) groups excluding carboxylic acids is 1. The van der Waals surface area contributed by atoms with Gasteiger partial charge in [0.05, 0.1) is 0 Å². The van der Waals surface area contributed by atoms with Crippen LogP contribution in [0.4, 0.5) is 0 Å². The summed E-state index contributed by atoms with van der Waals surface area (Å²) >= 11 is 1.68. The van der Waals surface area contributed by atoms with E-state index in [1.807, 2.05) is 31.2 Å². The summed E-state index contributed by atoms with van der Waals surface area (Å²) in [6.45, 7) is 5.61. The van der Waals surface area contributed by atoms with Gasteiger partial charge in [0.15, 0.2) is 11.9 Å². The summed E-state index contributed by atoms with van der Waals surface area (Å²) in [4.78, 5) is 12.9. The van der Waals surface area contributed by atoms with Crippen LogP contribution in [-0.2, 0) is 4.79 Å². The van der Waals surface area contributed by atoms with Gasteiger partial charge < -0.3 is 4.74 Å². The van der Waals surface area contributed by atoms with E-state index in [9.17, 15) is 4.79 Å². The summed E-state index contributed by atoms with van der Waals surface area (Å²) < 4.78 is 5.68. The number of Topliss-reactive ketones (excluding diaryl/α,β-unsaturated/α-hetero) is 1. The van der Waals surface area contributed by atoms with Gasteiger partial charge in [-0.15, -0.1) is 11.8 Å². The van der Waals surface area contributed by atoms with Crippen molar-refractivity contribution in [2.75, 3.05) is 5.75 Å². The molecule has 0 radical (unpaired) electrons. The number of carbonyl (C=O) groups is 1. The van der Waals surface area contributed by atoms with Crippen LogP contribution in [0, 0.1) is 0 Å². The summed E-state index contributed by atoms with van der Waals surface area (Å²) in [5, 5.41) is 0. The van der Waals surface area contributed by atoms with Crippen LogP contribution in [-0.4, -0.2) is 17.6 Å². The molecule has 0 N–H and O–H groups in total. The van der Waals surface area contributed by atoms with E-state index in [1.54, 1.807) is 11.8 Å². The summed E-state index contributed by atoms with van der Waals surface area (Å²) in [6, 6.07) is 7.82. The lowest BCUT2D eigenvalue weighted by atomic mass is 10.1. The largest absolute Gasteiger partial charge is 0.481 e. The number of benzene rings is 1. The van der Waals surface area contributed by atoms with Gasteiger partial charge in [0.25, 0.3) is 0 Å². The van der Waals surface area contributed by atoms with Crippen LogP contribution in [0.25, 0.3) is 0 Å². The van der Waals surface area contributed by atoms with Gasteiger partial charge in [-0.2, -0.15) is 0 Å². The molecule has 0 amide bonds. The third-order valence-electron chi connectivity index (χ3n) is 2.34. The molecule has 84 valence electrons. The van der Waals surface area contributed by atoms with E-state index in [2.05, 4.69) is 6.58 Å². The van der Waals surface area contributed by atoms with Crippen LogP contribution in [0.15, 0.2) is 41.3 Å². The fraction of sp³-hybridized carbons (Fsp3) is 0.308. The van der Waals surface area contributed by atoms with Crippen LogP contribution in [0.5, 0.6) is 5.75 Å². The SMILES string of the molecule is C=C(C)CC(=O)C1CSc2ccccc2O1. The first-order valence-electron chi connectivity index (χ1n) is 5.22. The molecule has 0 spiro atoms. The van der Waals surface area contributed by atoms with E-state index in [0.717, 1.165) is 16.2 Å². The molecule has 2 rings (SSSR count). The Bertz CT molecular complexity index is 426. The summed E-state index contributed by atoms with van der Waals surface area (Å²) in [7, 11) is 0. The summed E-state index contributed by atoms with van der Waals surface area (Å²) in [5.41, 5.74) is 0.887. The Kier molecular flexibility index (Phi) is 3.34. The number of rotatable bonds is 3. The molecule has 2 nitrogen and oxygen atoms in total. The lowest BCUT2D eigenvalue weighted by molar-refractivity contribution is -0.124. The lowest BCUT2D eigenvalue weighted by Crippen LogP contribution is -2.32. The minimum absolute atomic E-state index is 0.120. The van der Waals surface area contributed by atoms with Gasteiger partial charge in [-0.3, -0.25) is 4.79 Å². The molecule has 1 heterocycles. The first-order chi connectivity index (χ1) is 7.66. The zero-order valence-electron chi connectivity index (χ0n) is 9.23. The lowest BCUT2D eigenvalue weighted by Gasteiger charge is -2.24. The van der Waals surface area contributed by atoms with E-state index < -0.39 is 0 Å². The molecule has 1 unspecified atom stereocenters. The van der Waals surface area contributed by atoms with Crippen molar-refractivity contribution >= 4 is 17.5 Å². The average molecular weight is 234 g/mol. The zero-order chi connectivity index (χ0) is 11.5. The summed E-state index contributed by atoms with van der Waals surface area (Å²) in [5.74, 6) is 1.64. The molecule has 0 aromatic heterocycles. The highest BCUT2D eigenvalue weighted by atomic mass is 32.2. The molecule has 16 heavy (non-hydrogen) atoms. The maximum atomic E-state index is 11.8. The number of fused-ring (bicyclic) bond motifs is 1. The number of thioether (sulfide) groups is 1. The molecule has 1 atom stereocenters. The third-order valence-corrected chi connectivity index (χ3v) is 3.46. The van der Waals surface area contributed by atoms with Crippen molar-refractivity contribution in [2.45, 2.75) is 24.3 Å². The van der Waals surface area contributed by atoms with Crippen molar-refractivity contribution < 1.29 is 9.53 Å². The van der Waals surface area contributed by atoms with Crippen LogP contribution < -0.4 is 4.74 Å². The number of para-hydroxylation sites is 1. The molecule has 1 aliphatic rings. The van der Waals surface area contributed by atoms with E-state index in [1.165, 1.54) is 0 Å². The van der Waals surface area contributed by atoms with Crippen molar-refractivity contribution in [3.05, 3.63) is 36.4 Å². The van der Waals surface area contributed by atoms with E-state index in [0.29, 0.717) is 12.2 Å². The Hall–Kier alpha value is -1.22. The highest BCUT2D eigenvalue weighted by Crippen LogP contribution is 2.35. The quantitative estimate of drug-likeness (QED) is 0.752. The molecule has 1 aliphatic heterocycles. The normalized spacial score (nSPS) is 18.4. The maximum absolute atomic E-state index is 11.8. The van der Waals surface area contributed by atoms with Gasteiger partial charge in [0.1, 0.15) is 5.75 Å². The first kappa shape index (κ1) is 11.3. The maximum Gasteiger partial charge on any atom is 0.178 e. The summed E-state index contributed by atoms with van der Waals surface area (Å²) in [6.07, 6.45) is 0.0875. The molecule has 0 fully saturated rings. The first-order valence-corrected chi connectivity index (χ1v) is 6.21. The van der Waals surface area contributed by atoms with Crippen LogP contribution >= 0.6 is 11.8 Å². The van der Waals surface area contributed by atoms with Crippen molar-refractivity contribution in [3.8, 4) is 5.75 Å². The molecule has 1 aromatic carbocycles. The van der Waals surface area contributed by atoms with Crippen molar-refractivity contribution in [1.82, 2.24) is 0 Å². The van der Waals surface area contributed by atoms with E-state index >= 15 is 0 Å². The number of hydrogen-bond acceptors (Lipinski definition) is 3. The number of ketones is 1. The highest BCUT2D eigenvalue weighted by Gasteiger charge is 2.25. The highest BCUT2D eigenvalue weighted by molar-refractivity contribution is 7.99. The van der Waals surface area contributed by atoms with Crippen LogP contribution in [0.2, 0.25) is 0 Å². The topological polar surface area (TPSA) is 26.3 Å². The molecule has 0 aliphatic carbocycles. The van der Waals surface area contributed by atoms with Crippen LogP contribution in [0.3, 0.4) is 0 Å². The minimum Gasteiger partial charge on any atom is -0.481 e. The second-order valence-electron chi connectivity index (χ2n) is 3.96. The Morgan fingerprint density at radius 1 is 1.56 bits per heavy atom. The average Bonchev–Trinajstić information content (AvgIpc) is 2.27. The smallest absolute Gasteiger partial charge is 0.178 e. The van der Waals surface area contributed by atoms with Crippen molar-refractivity contribution in [2.24, 2.45) is 0 Å². The van der Waals surface area contributed by atoms with Gasteiger partial charge in [-0.05, 0) is 19.1 Å². The van der Waals surface area contributed by atoms with Crippen molar-refractivity contribution in [3.63, 3.8) is 0 Å². The number of ether oxygens (including phenoxy) is 1. The number of hydrogen-bond donors (Lipinski definition) is 0. The Morgan fingerprint density at radius 2 is 2.31 bits per heavy atom. The molecular formula is C13H14O2S. The third kappa shape index (κ3) is 2.47. The van der Waals surface area contributed by atoms with Gasteiger partial charge in [0, 0.05) is 17.1 Å². The van der Waals surface area contributed by atoms with Crippen LogP contribution in [0.1, 0.15) is 13.3 Å². The van der Waals surface area contributed by atoms with Gasteiger partial charge in [0.2, 0.25) is 0 Å². The molecule has 0 bridgehead atoms. The fourth-order valence-electron chi connectivity index (χ4n) is 1.59. The second kappa shape index (κ2) is 4.74. The minimum atomic E-state index is -0.323. The van der Waals surface area contributed by atoms with Crippen molar-refractivity contribution in [1.29, 1.82) is 0 Å². The molecule has 3 heteroatoms. The van der Waals surface area contributed by atoms with Gasteiger partial charge in [-0.1, -0.05) is 24.3 Å². The second-order valence-corrected chi connectivity index (χ2v) is 5.03. The molecule has 0 saturated carbocycles. The Labute approximate surface area is 99.7 Å². The van der Waals surface area contributed by atoms with Gasteiger partial charge in [-0.25, -0.2) is 0 Å². The Balaban J connectivity index is 2.08. The standard InChI is InChI=1S/C13H14O2S/c1-9(2)7-10(14)12-8-16-13-6-4-3-5-11(13)15-12/h3-6,12H,1,7-8H2,2H3. The number of allylic oxidation sites excluding steroid dienone is 1. The molecular weight excluding hydrogens is 220 g/mol. The van der Waals surface area contributed by atoms with E-state index in [4.69, 9.17) is 4.74 Å². The monoisotopic (exact) mass is 234 g/mol.